The summed E-state index contributed by atoms with van der Waals surface area (Å²) < 4.78 is 0. The van der Waals surface area contributed by atoms with Crippen molar-refractivity contribution in [2.24, 2.45) is 5.92 Å². The lowest BCUT2D eigenvalue weighted by Crippen LogP contribution is -2.32. The monoisotopic (exact) mass is 303 g/mol. The summed E-state index contributed by atoms with van der Waals surface area (Å²) in [6.07, 6.45) is 6.01. The fourth-order valence-corrected chi connectivity index (χ4v) is 3.11. The highest BCUT2D eigenvalue weighted by molar-refractivity contribution is 5.76. The van der Waals surface area contributed by atoms with Crippen LogP contribution in [0, 0.1) is 5.92 Å². The third-order valence-corrected chi connectivity index (χ3v) is 4.33. The number of carboxylic acid groups (broad SMARTS) is 1. The van der Waals surface area contributed by atoms with Crippen LogP contribution in [0.15, 0.2) is 30.3 Å². The van der Waals surface area contributed by atoms with Crippen LogP contribution >= 0.6 is 0 Å². The van der Waals surface area contributed by atoms with Crippen molar-refractivity contribution in [3.63, 3.8) is 0 Å². The van der Waals surface area contributed by atoms with Crippen LogP contribution < -0.4 is 0 Å². The van der Waals surface area contributed by atoms with E-state index in [-0.39, 0.29) is 12.3 Å². The Bertz CT molecular complexity index is 480. The third kappa shape index (κ3) is 5.51. The number of hydrogen-bond donors (Lipinski definition) is 1. The maximum Gasteiger partial charge on any atom is 0.303 e. The minimum absolute atomic E-state index is 0.113. The van der Waals surface area contributed by atoms with Gasteiger partial charge in [0, 0.05) is 25.9 Å². The first kappa shape index (κ1) is 16.5. The Morgan fingerprint density at radius 1 is 1.14 bits per heavy atom. The molecule has 0 aliphatic heterocycles. The van der Waals surface area contributed by atoms with Gasteiger partial charge in [-0.25, -0.2) is 0 Å². The molecule has 4 heteroatoms. The van der Waals surface area contributed by atoms with Crippen LogP contribution in [0.25, 0.3) is 0 Å². The first-order chi connectivity index (χ1) is 10.6. The summed E-state index contributed by atoms with van der Waals surface area (Å²) in [5, 5.41) is 8.78. The Hall–Kier alpha value is -1.84. The maximum absolute atomic E-state index is 12.6. The van der Waals surface area contributed by atoms with Crippen LogP contribution in [0.5, 0.6) is 0 Å². The van der Waals surface area contributed by atoms with Crippen molar-refractivity contribution in [2.45, 2.75) is 51.5 Å². The minimum atomic E-state index is -0.803. The highest BCUT2D eigenvalue weighted by atomic mass is 16.4. The molecule has 1 fully saturated rings. The summed E-state index contributed by atoms with van der Waals surface area (Å²) >= 11 is 0. The molecule has 0 saturated heterocycles. The number of carbonyl (C=O) groups excluding carboxylic acids is 1. The molecule has 4 nitrogen and oxygen atoms in total. The summed E-state index contributed by atoms with van der Waals surface area (Å²) in [7, 11) is 0. The highest BCUT2D eigenvalue weighted by Gasteiger charge is 2.22. The van der Waals surface area contributed by atoms with E-state index in [2.05, 4.69) is 0 Å². The zero-order chi connectivity index (χ0) is 15.8. The van der Waals surface area contributed by atoms with Crippen LogP contribution in [0.3, 0.4) is 0 Å². The van der Waals surface area contributed by atoms with E-state index in [1.165, 1.54) is 12.8 Å². The molecule has 0 radical (unpaired) electrons. The van der Waals surface area contributed by atoms with E-state index in [4.69, 9.17) is 5.11 Å². The number of carboxylic acids is 1. The molecule has 1 aliphatic carbocycles. The Labute approximate surface area is 132 Å². The number of aliphatic carboxylic acids is 1. The topological polar surface area (TPSA) is 57.6 Å². The Morgan fingerprint density at radius 3 is 2.45 bits per heavy atom. The van der Waals surface area contributed by atoms with Crippen LogP contribution in [0.2, 0.25) is 0 Å². The Kier molecular flexibility index (Phi) is 6.44. The molecule has 1 saturated carbocycles. The van der Waals surface area contributed by atoms with Gasteiger partial charge in [0.25, 0.3) is 0 Å². The van der Waals surface area contributed by atoms with Gasteiger partial charge < -0.3 is 10.0 Å². The summed E-state index contributed by atoms with van der Waals surface area (Å²) in [5.74, 6) is -0.116. The third-order valence-electron chi connectivity index (χ3n) is 4.33. The number of nitrogens with zero attached hydrogens (tertiary/aromatic N) is 1. The largest absolute Gasteiger partial charge is 0.481 e. The molecule has 0 unspecified atom stereocenters. The average Bonchev–Trinajstić information content (AvgIpc) is 3.00. The van der Waals surface area contributed by atoms with Crippen molar-refractivity contribution in [1.29, 1.82) is 0 Å². The number of carbonyl (C=O) groups is 2. The zero-order valence-electron chi connectivity index (χ0n) is 13.0. The number of benzene rings is 1. The van der Waals surface area contributed by atoms with Gasteiger partial charge in [-0.05, 0) is 30.7 Å². The molecule has 1 aromatic carbocycles. The van der Waals surface area contributed by atoms with Crippen molar-refractivity contribution in [1.82, 2.24) is 4.90 Å². The molecule has 0 spiro atoms. The van der Waals surface area contributed by atoms with Crippen molar-refractivity contribution in [3.8, 4) is 0 Å². The standard InChI is InChI=1S/C18H25NO3/c20-17(13-15-7-4-5-8-15)19(12-6-11-18(21)22)14-16-9-2-1-3-10-16/h1-3,9-10,15H,4-8,11-14H2,(H,21,22). The van der Waals surface area contributed by atoms with Crippen molar-refractivity contribution >= 4 is 11.9 Å². The second kappa shape index (κ2) is 8.57. The molecule has 0 atom stereocenters. The van der Waals surface area contributed by atoms with Gasteiger partial charge in [-0.3, -0.25) is 9.59 Å². The van der Waals surface area contributed by atoms with Gasteiger partial charge in [-0.2, -0.15) is 0 Å². The summed E-state index contributed by atoms with van der Waals surface area (Å²) in [5.41, 5.74) is 1.09. The SMILES string of the molecule is O=C(O)CCCN(Cc1ccccc1)C(=O)CC1CCCC1. The van der Waals surface area contributed by atoms with E-state index in [0.29, 0.717) is 31.8 Å². The lowest BCUT2D eigenvalue weighted by Gasteiger charge is -2.24. The van der Waals surface area contributed by atoms with Gasteiger partial charge in [0.2, 0.25) is 5.91 Å². The van der Waals surface area contributed by atoms with Crippen LogP contribution in [0.4, 0.5) is 0 Å². The summed E-state index contributed by atoms with van der Waals surface area (Å²) in [6, 6.07) is 9.90. The van der Waals surface area contributed by atoms with Gasteiger partial charge in [0.1, 0.15) is 0 Å². The fraction of sp³-hybridized carbons (Fsp3) is 0.556. The molecular formula is C18H25NO3. The predicted octanol–water partition coefficient (Wildman–Crippen LogP) is 3.46. The van der Waals surface area contributed by atoms with Crippen molar-refractivity contribution < 1.29 is 14.7 Å². The molecule has 22 heavy (non-hydrogen) atoms. The number of hydrogen-bond acceptors (Lipinski definition) is 2. The molecule has 120 valence electrons. The molecule has 1 aliphatic rings. The van der Waals surface area contributed by atoms with E-state index in [1.807, 2.05) is 35.2 Å². The van der Waals surface area contributed by atoms with Crippen molar-refractivity contribution in [3.05, 3.63) is 35.9 Å². The Balaban J connectivity index is 1.93. The van der Waals surface area contributed by atoms with E-state index in [1.54, 1.807) is 0 Å². The van der Waals surface area contributed by atoms with Crippen molar-refractivity contribution in [2.75, 3.05) is 6.54 Å². The summed E-state index contributed by atoms with van der Waals surface area (Å²) in [4.78, 5) is 25.1. The predicted molar refractivity (Wildman–Crippen MR) is 85.3 cm³/mol. The van der Waals surface area contributed by atoms with Gasteiger partial charge >= 0.3 is 5.97 Å². The zero-order valence-corrected chi connectivity index (χ0v) is 13.0. The summed E-state index contributed by atoms with van der Waals surface area (Å²) in [6.45, 7) is 1.10. The molecule has 2 rings (SSSR count). The van der Waals surface area contributed by atoms with E-state index >= 15 is 0 Å². The quantitative estimate of drug-likeness (QED) is 0.800. The highest BCUT2D eigenvalue weighted by Crippen LogP contribution is 2.28. The fourth-order valence-electron chi connectivity index (χ4n) is 3.11. The van der Waals surface area contributed by atoms with E-state index in [9.17, 15) is 9.59 Å². The van der Waals surface area contributed by atoms with E-state index in [0.717, 1.165) is 18.4 Å². The van der Waals surface area contributed by atoms with Crippen LogP contribution in [-0.4, -0.2) is 28.4 Å². The molecule has 0 bridgehead atoms. The second-order valence-electron chi connectivity index (χ2n) is 6.15. The van der Waals surface area contributed by atoms with Gasteiger partial charge in [-0.15, -0.1) is 0 Å². The van der Waals surface area contributed by atoms with Gasteiger partial charge in [0.05, 0.1) is 0 Å². The second-order valence-corrected chi connectivity index (χ2v) is 6.15. The van der Waals surface area contributed by atoms with E-state index < -0.39 is 5.97 Å². The lowest BCUT2D eigenvalue weighted by atomic mass is 10.0. The molecule has 1 aromatic rings. The number of amides is 1. The molecule has 1 N–H and O–H groups in total. The maximum atomic E-state index is 12.6. The Morgan fingerprint density at radius 2 is 1.82 bits per heavy atom. The van der Waals surface area contributed by atoms with Gasteiger partial charge in [-0.1, -0.05) is 43.2 Å². The van der Waals surface area contributed by atoms with Crippen LogP contribution in [0.1, 0.15) is 50.5 Å². The van der Waals surface area contributed by atoms with Gasteiger partial charge in [0.15, 0.2) is 0 Å². The smallest absolute Gasteiger partial charge is 0.303 e. The normalized spacial score (nSPS) is 14.9. The molecular weight excluding hydrogens is 278 g/mol. The average molecular weight is 303 g/mol. The lowest BCUT2D eigenvalue weighted by molar-refractivity contribution is -0.138. The molecule has 0 aromatic heterocycles. The minimum Gasteiger partial charge on any atom is -0.481 e. The number of rotatable bonds is 8. The molecule has 1 amide bonds. The first-order valence-corrected chi connectivity index (χ1v) is 8.18. The molecule has 0 heterocycles. The van der Waals surface area contributed by atoms with Crippen LogP contribution in [-0.2, 0) is 16.1 Å². The first-order valence-electron chi connectivity index (χ1n) is 8.18.